The van der Waals surface area contributed by atoms with Crippen molar-refractivity contribution in [2.24, 2.45) is 7.05 Å². The molecule has 0 aliphatic heterocycles. The van der Waals surface area contributed by atoms with E-state index in [4.69, 9.17) is 0 Å². The van der Waals surface area contributed by atoms with Gasteiger partial charge in [-0.25, -0.2) is 0 Å². The summed E-state index contributed by atoms with van der Waals surface area (Å²) in [7, 11) is 1.87. The van der Waals surface area contributed by atoms with E-state index in [2.05, 4.69) is 23.3 Å². The summed E-state index contributed by atoms with van der Waals surface area (Å²) in [6.45, 7) is 0. The number of hydrogen-bond acceptors (Lipinski definition) is 2. The van der Waals surface area contributed by atoms with Crippen molar-refractivity contribution in [3.8, 4) is 0 Å². The van der Waals surface area contributed by atoms with Crippen molar-refractivity contribution in [2.75, 3.05) is 0 Å². The Bertz CT molecular complexity index is 533. The number of benzene rings is 1. The molecule has 0 amide bonds. The second-order valence-corrected chi connectivity index (χ2v) is 4.74. The molecular weight excluding hydrogens is 212 g/mol. The summed E-state index contributed by atoms with van der Waals surface area (Å²) in [6, 6.07) is 8.41. The third kappa shape index (κ3) is 1.76. The predicted octanol–water partition coefficient (Wildman–Crippen LogP) is 2.18. The Labute approximate surface area is 101 Å². The van der Waals surface area contributed by atoms with Crippen LogP contribution >= 0.6 is 0 Å². The molecule has 3 nitrogen and oxygen atoms in total. The van der Waals surface area contributed by atoms with Crippen molar-refractivity contribution in [1.29, 1.82) is 0 Å². The zero-order chi connectivity index (χ0) is 11.8. The fraction of sp³-hybridized carbons (Fsp3) is 0.357. The summed E-state index contributed by atoms with van der Waals surface area (Å²) in [5, 5.41) is 14.5. The lowest BCUT2D eigenvalue weighted by atomic mass is 9.92. The van der Waals surface area contributed by atoms with E-state index in [0.717, 1.165) is 18.4 Å². The molecule has 2 atom stereocenters. The summed E-state index contributed by atoms with van der Waals surface area (Å²) >= 11 is 0. The van der Waals surface area contributed by atoms with Gasteiger partial charge >= 0.3 is 0 Å². The maximum Gasteiger partial charge on any atom is 0.0889 e. The van der Waals surface area contributed by atoms with Gasteiger partial charge in [-0.3, -0.25) is 4.68 Å². The number of aromatic nitrogens is 2. The molecule has 0 spiro atoms. The van der Waals surface area contributed by atoms with Gasteiger partial charge < -0.3 is 5.11 Å². The van der Waals surface area contributed by atoms with Crippen LogP contribution in [0.1, 0.15) is 35.1 Å². The fourth-order valence-electron chi connectivity index (χ4n) is 2.74. The van der Waals surface area contributed by atoms with Crippen molar-refractivity contribution in [3.63, 3.8) is 0 Å². The van der Waals surface area contributed by atoms with E-state index in [1.807, 2.05) is 19.3 Å². The third-order valence-corrected chi connectivity index (χ3v) is 3.63. The Morgan fingerprint density at radius 2 is 2.24 bits per heavy atom. The highest BCUT2D eigenvalue weighted by Gasteiger charge is 2.29. The Morgan fingerprint density at radius 1 is 1.41 bits per heavy atom. The smallest absolute Gasteiger partial charge is 0.0889 e. The molecule has 17 heavy (non-hydrogen) atoms. The normalized spacial score (nSPS) is 20.2. The predicted molar refractivity (Wildman–Crippen MR) is 65.7 cm³/mol. The molecule has 1 N–H and O–H groups in total. The first kappa shape index (κ1) is 10.5. The summed E-state index contributed by atoms with van der Waals surface area (Å²) < 4.78 is 1.74. The Kier molecular flexibility index (Phi) is 2.48. The number of nitrogens with zero attached hydrogens (tertiary/aromatic N) is 2. The topological polar surface area (TPSA) is 38.0 Å². The molecule has 1 aliphatic rings. The Morgan fingerprint density at radius 3 is 3.00 bits per heavy atom. The van der Waals surface area contributed by atoms with Gasteiger partial charge in [-0.1, -0.05) is 24.3 Å². The number of hydrogen-bond donors (Lipinski definition) is 1. The molecule has 0 radical (unpaired) electrons. The molecule has 2 aromatic rings. The summed E-state index contributed by atoms with van der Waals surface area (Å²) in [4.78, 5) is 0. The van der Waals surface area contributed by atoms with Gasteiger partial charge in [0.1, 0.15) is 0 Å². The molecule has 0 bridgehead atoms. The van der Waals surface area contributed by atoms with Crippen molar-refractivity contribution < 1.29 is 5.11 Å². The second kappa shape index (κ2) is 4.00. The largest absolute Gasteiger partial charge is 0.388 e. The van der Waals surface area contributed by atoms with Crippen LogP contribution in [0.4, 0.5) is 0 Å². The van der Waals surface area contributed by atoms with Crippen LogP contribution in [0, 0.1) is 0 Å². The average molecular weight is 228 g/mol. The van der Waals surface area contributed by atoms with Gasteiger partial charge in [0.15, 0.2) is 0 Å². The van der Waals surface area contributed by atoms with Gasteiger partial charge in [0.2, 0.25) is 0 Å². The van der Waals surface area contributed by atoms with Gasteiger partial charge in [0, 0.05) is 24.7 Å². The van der Waals surface area contributed by atoms with Crippen LogP contribution in [0.15, 0.2) is 36.7 Å². The van der Waals surface area contributed by atoms with Gasteiger partial charge in [0.05, 0.1) is 12.3 Å². The minimum Gasteiger partial charge on any atom is -0.388 e. The number of fused-ring (bicyclic) bond motifs is 1. The molecule has 3 heteroatoms. The van der Waals surface area contributed by atoms with Gasteiger partial charge in [0.25, 0.3) is 0 Å². The quantitative estimate of drug-likeness (QED) is 0.855. The van der Waals surface area contributed by atoms with E-state index in [1.54, 1.807) is 10.9 Å². The van der Waals surface area contributed by atoms with Crippen molar-refractivity contribution in [1.82, 2.24) is 9.78 Å². The summed E-state index contributed by atoms with van der Waals surface area (Å²) in [6.07, 6.45) is 5.30. The maximum absolute atomic E-state index is 10.4. The molecule has 1 aromatic carbocycles. The van der Waals surface area contributed by atoms with E-state index in [1.165, 1.54) is 11.1 Å². The van der Waals surface area contributed by atoms with Crippen molar-refractivity contribution >= 4 is 0 Å². The van der Waals surface area contributed by atoms with Gasteiger partial charge in [-0.2, -0.15) is 5.10 Å². The van der Waals surface area contributed by atoms with Gasteiger partial charge in [-0.05, 0) is 24.0 Å². The monoisotopic (exact) mass is 228 g/mol. The number of aliphatic hydroxyl groups is 1. The first-order chi connectivity index (χ1) is 8.25. The van der Waals surface area contributed by atoms with Gasteiger partial charge in [-0.15, -0.1) is 0 Å². The van der Waals surface area contributed by atoms with E-state index in [0.29, 0.717) is 0 Å². The number of rotatable bonds is 2. The molecule has 3 rings (SSSR count). The molecule has 2 unspecified atom stereocenters. The lowest BCUT2D eigenvalue weighted by Crippen LogP contribution is -2.07. The molecule has 1 aliphatic carbocycles. The van der Waals surface area contributed by atoms with E-state index in [-0.39, 0.29) is 5.92 Å². The first-order valence-electron chi connectivity index (χ1n) is 6.00. The lowest BCUT2D eigenvalue weighted by molar-refractivity contribution is 0.145. The first-order valence-corrected chi connectivity index (χ1v) is 6.00. The minimum atomic E-state index is -0.438. The standard InChI is InChI=1S/C14H16N2O/c1-16-9-11(8-15-16)14(17)13-7-6-10-4-2-3-5-12(10)13/h2-5,8-9,13-14,17H,6-7H2,1H3. The van der Waals surface area contributed by atoms with Crippen LogP contribution in [0.5, 0.6) is 0 Å². The van der Waals surface area contributed by atoms with Crippen molar-refractivity contribution in [2.45, 2.75) is 24.9 Å². The Balaban J connectivity index is 1.92. The molecule has 1 heterocycles. The van der Waals surface area contributed by atoms with Crippen LogP contribution in [-0.2, 0) is 13.5 Å². The SMILES string of the molecule is Cn1cc(C(O)C2CCc3ccccc32)cn1. The van der Waals surface area contributed by atoms with Crippen molar-refractivity contribution in [3.05, 3.63) is 53.3 Å². The highest BCUT2D eigenvalue weighted by molar-refractivity contribution is 5.37. The van der Waals surface area contributed by atoms with Crippen LogP contribution in [-0.4, -0.2) is 14.9 Å². The Hall–Kier alpha value is -1.61. The van der Waals surface area contributed by atoms with Crippen LogP contribution in [0.25, 0.3) is 0 Å². The molecule has 0 fully saturated rings. The highest BCUT2D eigenvalue weighted by atomic mass is 16.3. The maximum atomic E-state index is 10.4. The number of aliphatic hydroxyl groups excluding tert-OH is 1. The summed E-state index contributed by atoms with van der Waals surface area (Å²) in [5.41, 5.74) is 3.58. The van der Waals surface area contributed by atoms with E-state index in [9.17, 15) is 5.11 Å². The molecular formula is C14H16N2O. The van der Waals surface area contributed by atoms with Crippen LogP contribution in [0.3, 0.4) is 0 Å². The van der Waals surface area contributed by atoms with Crippen LogP contribution < -0.4 is 0 Å². The second-order valence-electron chi connectivity index (χ2n) is 4.74. The van der Waals surface area contributed by atoms with E-state index < -0.39 is 6.10 Å². The number of aryl methyl sites for hydroxylation is 2. The minimum absolute atomic E-state index is 0.218. The summed E-state index contributed by atoms with van der Waals surface area (Å²) in [5.74, 6) is 0.218. The molecule has 1 aromatic heterocycles. The third-order valence-electron chi connectivity index (χ3n) is 3.63. The molecule has 0 saturated carbocycles. The molecule has 0 saturated heterocycles. The van der Waals surface area contributed by atoms with Crippen LogP contribution in [0.2, 0.25) is 0 Å². The van der Waals surface area contributed by atoms with E-state index >= 15 is 0 Å². The zero-order valence-electron chi connectivity index (χ0n) is 9.87. The lowest BCUT2D eigenvalue weighted by Gasteiger charge is -2.17. The highest BCUT2D eigenvalue weighted by Crippen LogP contribution is 2.41. The average Bonchev–Trinajstić information content (AvgIpc) is 2.94. The fourth-order valence-corrected chi connectivity index (χ4v) is 2.74. The molecule has 88 valence electrons. The zero-order valence-corrected chi connectivity index (χ0v) is 9.87.